The van der Waals surface area contributed by atoms with E-state index in [0.29, 0.717) is 18.7 Å². The van der Waals surface area contributed by atoms with E-state index in [1.54, 1.807) is 12.1 Å². The molecule has 1 aromatic heterocycles. The van der Waals surface area contributed by atoms with E-state index in [0.717, 1.165) is 11.0 Å². The van der Waals surface area contributed by atoms with Gasteiger partial charge in [0.1, 0.15) is 11.6 Å². The van der Waals surface area contributed by atoms with E-state index in [1.165, 1.54) is 41.9 Å². The first kappa shape index (κ1) is 21.2. The molecule has 0 bridgehead atoms. The Labute approximate surface area is 175 Å². The Balaban J connectivity index is 1.55. The number of hydrogen-bond donors (Lipinski definition) is 1. The lowest BCUT2D eigenvalue weighted by Gasteiger charge is -2.15. The van der Waals surface area contributed by atoms with Gasteiger partial charge < -0.3 is 9.64 Å². The molecule has 0 atom stereocenters. The number of nitrogens with one attached hydrogen (secondary N) is 1. The van der Waals surface area contributed by atoms with E-state index < -0.39 is 10.0 Å². The number of sulfonamides is 1. The monoisotopic (exact) mass is 432 g/mol. The number of ether oxygens (including phenoxy) is 1. The fourth-order valence-electron chi connectivity index (χ4n) is 2.73. The highest BCUT2D eigenvalue weighted by molar-refractivity contribution is 7.89. The summed E-state index contributed by atoms with van der Waals surface area (Å²) in [6, 6.07) is 14.5. The summed E-state index contributed by atoms with van der Waals surface area (Å²) in [5, 5.41) is 0.761. The number of hydrogen-bond acceptors (Lipinski definition) is 7. The van der Waals surface area contributed by atoms with Gasteiger partial charge in [-0.3, -0.25) is 0 Å². The average Bonchev–Trinajstić information content (AvgIpc) is 3.18. The van der Waals surface area contributed by atoms with Gasteiger partial charge in [-0.25, -0.2) is 18.1 Å². The van der Waals surface area contributed by atoms with Gasteiger partial charge >= 0.3 is 0 Å². The molecule has 0 amide bonds. The van der Waals surface area contributed by atoms with E-state index in [-0.39, 0.29) is 11.4 Å². The van der Waals surface area contributed by atoms with Crippen molar-refractivity contribution >= 4 is 26.7 Å². The van der Waals surface area contributed by atoms with Crippen molar-refractivity contribution in [3.63, 3.8) is 0 Å². The molecule has 3 rings (SSSR count). The number of aryl methyl sites for hydroxylation is 1. The first-order chi connectivity index (χ1) is 13.9. The molecule has 2 aromatic carbocycles. The minimum atomic E-state index is -3.57. The molecule has 0 unspecified atom stereocenters. The van der Waals surface area contributed by atoms with E-state index in [4.69, 9.17) is 4.74 Å². The number of anilines is 1. The maximum absolute atomic E-state index is 12.4. The van der Waals surface area contributed by atoms with Crippen LogP contribution in [0.4, 0.5) is 5.13 Å². The highest BCUT2D eigenvalue weighted by Gasteiger charge is 2.15. The minimum Gasteiger partial charge on any atom is -0.497 e. The van der Waals surface area contributed by atoms with E-state index in [9.17, 15) is 8.42 Å². The van der Waals surface area contributed by atoms with Crippen LogP contribution in [0.2, 0.25) is 0 Å². The van der Waals surface area contributed by atoms with Gasteiger partial charge in [0.25, 0.3) is 0 Å². The summed E-state index contributed by atoms with van der Waals surface area (Å²) < 4.78 is 36.9. The van der Waals surface area contributed by atoms with Crippen molar-refractivity contribution in [2.75, 3.05) is 32.1 Å². The van der Waals surface area contributed by atoms with Crippen LogP contribution in [0.5, 0.6) is 5.75 Å². The number of likely N-dealkylation sites (N-methyl/N-ethyl adjacent to an activating group) is 1. The predicted molar refractivity (Wildman–Crippen MR) is 115 cm³/mol. The number of aromatic nitrogens is 2. The van der Waals surface area contributed by atoms with Crippen molar-refractivity contribution in [2.24, 2.45) is 0 Å². The summed E-state index contributed by atoms with van der Waals surface area (Å²) in [6.45, 7) is 2.82. The molecule has 0 saturated heterocycles. The lowest BCUT2D eigenvalue weighted by molar-refractivity contribution is 0.414. The van der Waals surface area contributed by atoms with Gasteiger partial charge in [-0.2, -0.15) is 4.37 Å². The molecule has 0 spiro atoms. The zero-order valence-corrected chi connectivity index (χ0v) is 18.3. The molecule has 154 valence electrons. The number of benzene rings is 2. The van der Waals surface area contributed by atoms with Gasteiger partial charge in [0.2, 0.25) is 15.2 Å². The third kappa shape index (κ3) is 5.53. The zero-order valence-electron chi connectivity index (χ0n) is 16.6. The van der Waals surface area contributed by atoms with Crippen LogP contribution in [0.1, 0.15) is 17.0 Å². The maximum atomic E-state index is 12.4. The Hall–Kier alpha value is -2.49. The second kappa shape index (κ2) is 9.34. The zero-order chi connectivity index (χ0) is 20.9. The Kier molecular flexibility index (Phi) is 6.83. The molecule has 3 aromatic rings. The van der Waals surface area contributed by atoms with Crippen LogP contribution in [-0.2, 0) is 16.4 Å². The second-order valence-corrected chi connectivity index (χ2v) is 9.09. The van der Waals surface area contributed by atoms with Crippen molar-refractivity contribution in [1.82, 2.24) is 14.1 Å². The van der Waals surface area contributed by atoms with E-state index in [1.807, 2.05) is 24.1 Å². The summed E-state index contributed by atoms with van der Waals surface area (Å²) in [5.41, 5.74) is 2.41. The van der Waals surface area contributed by atoms with Crippen LogP contribution >= 0.6 is 11.5 Å². The molecular weight excluding hydrogens is 408 g/mol. The molecule has 0 aliphatic rings. The van der Waals surface area contributed by atoms with Crippen molar-refractivity contribution < 1.29 is 13.2 Å². The Morgan fingerprint density at radius 3 is 2.55 bits per heavy atom. The van der Waals surface area contributed by atoms with Crippen LogP contribution in [0.25, 0.3) is 0 Å². The Bertz CT molecular complexity index is 1050. The molecule has 9 heteroatoms. The standard InChI is InChI=1S/C20H24N4O3S2/c1-15-6-4-5-7-16(15)14-19-22-20(28-23-19)24(2)13-12-21-29(25,26)18-10-8-17(27-3)9-11-18/h4-11,21H,12-14H2,1-3H3. The molecule has 29 heavy (non-hydrogen) atoms. The SMILES string of the molecule is COc1ccc(S(=O)(=O)NCCN(C)c2nc(Cc3ccccc3C)ns2)cc1. The Morgan fingerprint density at radius 1 is 1.14 bits per heavy atom. The van der Waals surface area contributed by atoms with Gasteiger partial charge in [-0.05, 0) is 42.3 Å². The highest BCUT2D eigenvalue weighted by atomic mass is 32.2. The Morgan fingerprint density at radius 2 is 1.86 bits per heavy atom. The van der Waals surface area contributed by atoms with Crippen LogP contribution in [0.3, 0.4) is 0 Å². The maximum Gasteiger partial charge on any atom is 0.240 e. The number of rotatable bonds is 9. The largest absolute Gasteiger partial charge is 0.497 e. The third-order valence-electron chi connectivity index (χ3n) is 4.50. The summed E-state index contributed by atoms with van der Waals surface area (Å²) in [4.78, 5) is 6.69. The summed E-state index contributed by atoms with van der Waals surface area (Å²) in [7, 11) is -0.154. The van der Waals surface area contributed by atoms with Crippen molar-refractivity contribution in [2.45, 2.75) is 18.2 Å². The van der Waals surface area contributed by atoms with Crippen molar-refractivity contribution in [3.8, 4) is 5.75 Å². The quantitative estimate of drug-likeness (QED) is 0.560. The molecule has 1 heterocycles. The topological polar surface area (TPSA) is 84.4 Å². The predicted octanol–water partition coefficient (Wildman–Crippen LogP) is 2.86. The molecular formula is C20H24N4O3S2. The third-order valence-corrected chi connectivity index (χ3v) is 6.85. The first-order valence-electron chi connectivity index (χ1n) is 9.11. The second-order valence-electron chi connectivity index (χ2n) is 6.59. The molecule has 1 N–H and O–H groups in total. The van der Waals surface area contributed by atoms with Crippen LogP contribution in [0.15, 0.2) is 53.4 Å². The summed E-state index contributed by atoms with van der Waals surface area (Å²) in [6.07, 6.45) is 0.682. The molecule has 0 saturated carbocycles. The molecule has 7 nitrogen and oxygen atoms in total. The summed E-state index contributed by atoms with van der Waals surface area (Å²) >= 11 is 1.31. The van der Waals surface area contributed by atoms with Crippen LogP contribution in [0, 0.1) is 6.92 Å². The molecule has 0 fully saturated rings. The minimum absolute atomic E-state index is 0.206. The molecule has 0 aliphatic heterocycles. The van der Waals surface area contributed by atoms with Gasteiger partial charge in [0, 0.05) is 38.1 Å². The van der Waals surface area contributed by atoms with Gasteiger partial charge in [-0.15, -0.1) is 0 Å². The number of methoxy groups -OCH3 is 1. The van der Waals surface area contributed by atoms with E-state index >= 15 is 0 Å². The first-order valence-corrected chi connectivity index (χ1v) is 11.4. The normalized spacial score (nSPS) is 11.4. The van der Waals surface area contributed by atoms with Crippen molar-refractivity contribution in [1.29, 1.82) is 0 Å². The average molecular weight is 433 g/mol. The molecule has 0 aliphatic carbocycles. The lowest BCUT2D eigenvalue weighted by Crippen LogP contribution is -2.33. The van der Waals surface area contributed by atoms with Crippen molar-refractivity contribution in [3.05, 3.63) is 65.5 Å². The fraction of sp³-hybridized carbons (Fsp3) is 0.300. The lowest BCUT2D eigenvalue weighted by atomic mass is 10.1. The van der Waals surface area contributed by atoms with Crippen LogP contribution in [-0.4, -0.2) is 45.0 Å². The van der Waals surface area contributed by atoms with Gasteiger partial charge in [0.15, 0.2) is 0 Å². The highest BCUT2D eigenvalue weighted by Crippen LogP contribution is 2.19. The van der Waals surface area contributed by atoms with E-state index in [2.05, 4.69) is 33.1 Å². The van der Waals surface area contributed by atoms with Gasteiger partial charge in [-0.1, -0.05) is 24.3 Å². The van der Waals surface area contributed by atoms with Gasteiger partial charge in [0.05, 0.1) is 12.0 Å². The fourth-order valence-corrected chi connectivity index (χ4v) is 4.42. The number of nitrogens with zero attached hydrogens (tertiary/aromatic N) is 3. The molecule has 0 radical (unpaired) electrons. The smallest absolute Gasteiger partial charge is 0.240 e. The summed E-state index contributed by atoms with van der Waals surface area (Å²) in [5.74, 6) is 1.38. The van der Waals surface area contributed by atoms with Crippen LogP contribution < -0.4 is 14.4 Å².